The topological polar surface area (TPSA) is 44.1 Å². The van der Waals surface area contributed by atoms with Crippen molar-refractivity contribution < 1.29 is 4.79 Å². The number of amides is 1. The summed E-state index contributed by atoms with van der Waals surface area (Å²) in [6, 6.07) is 2.05. The molecule has 2 unspecified atom stereocenters. The van der Waals surface area contributed by atoms with Gasteiger partial charge in [0.1, 0.15) is 6.54 Å². The lowest BCUT2D eigenvalue weighted by Crippen LogP contribution is -2.33. The molecule has 0 N–H and O–H groups in total. The lowest BCUT2D eigenvalue weighted by Gasteiger charge is -2.18. The Kier molecular flexibility index (Phi) is 2.45. The van der Waals surface area contributed by atoms with E-state index < -0.39 is 0 Å². The maximum Gasteiger partial charge on any atom is 0.227 e. The van der Waals surface area contributed by atoms with E-state index in [1.807, 2.05) is 6.92 Å². The normalized spacial score (nSPS) is 33.3. The highest BCUT2D eigenvalue weighted by atomic mass is 16.2. The van der Waals surface area contributed by atoms with E-state index in [0.29, 0.717) is 18.4 Å². The zero-order chi connectivity index (χ0) is 10.1. The van der Waals surface area contributed by atoms with Crippen molar-refractivity contribution in [1.82, 2.24) is 4.90 Å². The van der Waals surface area contributed by atoms with Crippen LogP contribution in [0.4, 0.5) is 0 Å². The van der Waals surface area contributed by atoms with Gasteiger partial charge in [-0.3, -0.25) is 4.79 Å². The van der Waals surface area contributed by atoms with Gasteiger partial charge in [-0.2, -0.15) is 5.26 Å². The Hall–Kier alpha value is -1.04. The molecule has 0 aromatic heterocycles. The van der Waals surface area contributed by atoms with Gasteiger partial charge in [0.2, 0.25) is 5.91 Å². The van der Waals surface area contributed by atoms with Gasteiger partial charge in [0, 0.05) is 12.5 Å². The molecule has 2 aliphatic rings. The van der Waals surface area contributed by atoms with Gasteiger partial charge in [0.15, 0.2) is 0 Å². The molecule has 0 spiro atoms. The van der Waals surface area contributed by atoms with E-state index in [-0.39, 0.29) is 18.4 Å². The largest absolute Gasteiger partial charge is 0.329 e. The molecule has 3 heteroatoms. The molecule has 0 aromatic carbocycles. The summed E-state index contributed by atoms with van der Waals surface area (Å²) in [4.78, 5) is 13.6. The summed E-state index contributed by atoms with van der Waals surface area (Å²) >= 11 is 0. The van der Waals surface area contributed by atoms with E-state index in [9.17, 15) is 4.79 Å². The van der Waals surface area contributed by atoms with Crippen LogP contribution in [-0.2, 0) is 4.79 Å². The zero-order valence-corrected chi connectivity index (χ0v) is 8.57. The van der Waals surface area contributed by atoms with Gasteiger partial charge in [-0.15, -0.1) is 0 Å². The fourth-order valence-electron chi connectivity index (χ4n) is 2.83. The first-order valence-electron chi connectivity index (χ1n) is 5.45. The number of carbonyl (C=O) groups is 1. The molecule has 0 radical (unpaired) electrons. The van der Waals surface area contributed by atoms with E-state index in [1.165, 1.54) is 19.3 Å². The molecule has 0 bridgehead atoms. The fraction of sp³-hybridized carbons (Fsp3) is 0.818. The number of carbonyl (C=O) groups excluding carboxylic acids is 1. The quantitative estimate of drug-likeness (QED) is 0.634. The first-order valence-corrected chi connectivity index (χ1v) is 5.45. The Bertz CT molecular complexity index is 272. The van der Waals surface area contributed by atoms with Crippen LogP contribution in [0.25, 0.3) is 0 Å². The van der Waals surface area contributed by atoms with Crippen molar-refractivity contribution in [3.63, 3.8) is 0 Å². The minimum absolute atomic E-state index is 0.226. The Morgan fingerprint density at radius 3 is 2.64 bits per heavy atom. The summed E-state index contributed by atoms with van der Waals surface area (Å²) < 4.78 is 0. The van der Waals surface area contributed by atoms with E-state index in [2.05, 4.69) is 6.07 Å². The lowest BCUT2D eigenvalue weighted by atomic mass is 10.1. The predicted octanol–water partition coefficient (Wildman–Crippen LogP) is 1.40. The molecule has 14 heavy (non-hydrogen) atoms. The molecule has 2 atom stereocenters. The van der Waals surface area contributed by atoms with Crippen molar-refractivity contribution in [2.24, 2.45) is 17.8 Å². The molecule has 76 valence electrons. The number of rotatable bonds is 3. The smallest absolute Gasteiger partial charge is 0.227 e. The molecule has 2 aliphatic carbocycles. The third kappa shape index (κ3) is 1.39. The maximum atomic E-state index is 11.9. The molecule has 3 nitrogen and oxygen atoms in total. The van der Waals surface area contributed by atoms with Crippen LogP contribution >= 0.6 is 0 Å². The van der Waals surface area contributed by atoms with Crippen LogP contribution in [0.2, 0.25) is 0 Å². The second kappa shape index (κ2) is 3.61. The summed E-state index contributed by atoms with van der Waals surface area (Å²) in [5, 5.41) is 8.58. The minimum Gasteiger partial charge on any atom is -0.329 e. The number of fused-ring (bicyclic) bond motifs is 1. The molecule has 1 amide bonds. The summed E-state index contributed by atoms with van der Waals surface area (Å²) in [6.45, 7) is 2.86. The number of nitriles is 1. The van der Waals surface area contributed by atoms with Gasteiger partial charge in [0.25, 0.3) is 0 Å². The van der Waals surface area contributed by atoms with Crippen LogP contribution in [0.3, 0.4) is 0 Å². The van der Waals surface area contributed by atoms with Gasteiger partial charge >= 0.3 is 0 Å². The van der Waals surface area contributed by atoms with E-state index in [0.717, 1.165) is 0 Å². The van der Waals surface area contributed by atoms with Crippen molar-refractivity contribution in [1.29, 1.82) is 5.26 Å². The van der Waals surface area contributed by atoms with Gasteiger partial charge in [-0.1, -0.05) is 6.42 Å². The van der Waals surface area contributed by atoms with Crippen LogP contribution in [0.1, 0.15) is 26.2 Å². The Balaban J connectivity index is 1.92. The third-order valence-corrected chi connectivity index (χ3v) is 3.65. The van der Waals surface area contributed by atoms with Crippen LogP contribution in [-0.4, -0.2) is 23.9 Å². The van der Waals surface area contributed by atoms with Crippen molar-refractivity contribution in [2.45, 2.75) is 26.2 Å². The van der Waals surface area contributed by atoms with Crippen LogP contribution in [0.5, 0.6) is 0 Å². The predicted molar refractivity (Wildman–Crippen MR) is 52.2 cm³/mol. The molecule has 2 saturated carbocycles. The summed E-state index contributed by atoms with van der Waals surface area (Å²) in [6.07, 6.45) is 3.75. The first kappa shape index (κ1) is 9.51. The Labute approximate surface area is 84.7 Å². The summed E-state index contributed by atoms with van der Waals surface area (Å²) in [5.74, 6) is 1.83. The molecule has 0 aromatic rings. The summed E-state index contributed by atoms with van der Waals surface area (Å²) in [5.41, 5.74) is 0. The number of hydrogen-bond acceptors (Lipinski definition) is 2. The standard InChI is InChI=1S/C11H16N2O/c1-2-13(7-6-12)11(14)10-8-4-3-5-9(8)10/h8-10H,2-5,7H2,1H3. The van der Waals surface area contributed by atoms with Gasteiger partial charge in [-0.25, -0.2) is 0 Å². The SMILES string of the molecule is CCN(CC#N)C(=O)C1C2CCCC21. The second-order valence-electron chi connectivity index (χ2n) is 4.29. The lowest BCUT2D eigenvalue weighted by molar-refractivity contribution is -0.132. The maximum absolute atomic E-state index is 11.9. The first-order chi connectivity index (χ1) is 6.79. The molecular weight excluding hydrogens is 176 g/mol. The highest BCUT2D eigenvalue weighted by molar-refractivity contribution is 5.82. The van der Waals surface area contributed by atoms with E-state index >= 15 is 0 Å². The van der Waals surface area contributed by atoms with Crippen LogP contribution in [0, 0.1) is 29.1 Å². The molecule has 0 heterocycles. The van der Waals surface area contributed by atoms with E-state index in [4.69, 9.17) is 5.26 Å². The monoisotopic (exact) mass is 192 g/mol. The Morgan fingerprint density at radius 2 is 2.14 bits per heavy atom. The fourth-order valence-corrected chi connectivity index (χ4v) is 2.83. The van der Waals surface area contributed by atoms with Crippen molar-refractivity contribution in [3.8, 4) is 6.07 Å². The molecule has 0 saturated heterocycles. The number of hydrogen-bond donors (Lipinski definition) is 0. The van der Waals surface area contributed by atoms with Crippen molar-refractivity contribution in [3.05, 3.63) is 0 Å². The molecule has 2 fully saturated rings. The van der Waals surface area contributed by atoms with Crippen molar-refractivity contribution in [2.75, 3.05) is 13.1 Å². The van der Waals surface area contributed by atoms with Crippen LogP contribution < -0.4 is 0 Å². The van der Waals surface area contributed by atoms with Crippen molar-refractivity contribution >= 4 is 5.91 Å². The van der Waals surface area contributed by atoms with Gasteiger partial charge in [0.05, 0.1) is 6.07 Å². The average molecular weight is 192 g/mol. The minimum atomic E-state index is 0.226. The van der Waals surface area contributed by atoms with E-state index in [1.54, 1.807) is 4.90 Å². The molecular formula is C11H16N2O. The highest BCUT2D eigenvalue weighted by Gasteiger charge is 2.57. The Morgan fingerprint density at radius 1 is 1.50 bits per heavy atom. The highest BCUT2D eigenvalue weighted by Crippen LogP contribution is 2.58. The van der Waals surface area contributed by atoms with Crippen LogP contribution in [0.15, 0.2) is 0 Å². The number of nitrogens with zero attached hydrogens (tertiary/aromatic N) is 2. The molecule has 0 aliphatic heterocycles. The second-order valence-corrected chi connectivity index (χ2v) is 4.29. The third-order valence-electron chi connectivity index (χ3n) is 3.65. The summed E-state index contributed by atoms with van der Waals surface area (Å²) in [7, 11) is 0. The molecule has 2 rings (SSSR count). The van der Waals surface area contributed by atoms with Gasteiger partial charge in [-0.05, 0) is 31.6 Å². The zero-order valence-electron chi connectivity index (χ0n) is 8.57. The average Bonchev–Trinajstić information content (AvgIpc) is 2.67. The van der Waals surface area contributed by atoms with Gasteiger partial charge < -0.3 is 4.90 Å².